The molecule has 0 bridgehead atoms. The second kappa shape index (κ2) is 12.8. The molecule has 0 N–H and O–H groups in total. The Morgan fingerprint density at radius 3 is 2.25 bits per heavy atom. The lowest BCUT2D eigenvalue weighted by Crippen LogP contribution is -2.10. The molecule has 3 atom stereocenters. The van der Waals surface area contributed by atoms with Crippen molar-refractivity contribution in [3.63, 3.8) is 0 Å². The van der Waals surface area contributed by atoms with Crippen molar-refractivity contribution in [2.75, 3.05) is 26.4 Å². The first-order valence-electron chi connectivity index (χ1n) is 14.2. The summed E-state index contributed by atoms with van der Waals surface area (Å²) in [5.41, 5.74) is 5.49. The number of allylic oxidation sites excluding steroid dienone is 2. The van der Waals surface area contributed by atoms with Crippen LogP contribution in [0.25, 0.3) is 5.57 Å². The molecule has 0 saturated carbocycles. The van der Waals surface area contributed by atoms with E-state index in [1.165, 1.54) is 60.8 Å². The number of ether oxygens (including phenoxy) is 4. The van der Waals surface area contributed by atoms with Gasteiger partial charge in [-0.05, 0) is 66.9 Å². The first-order valence-corrected chi connectivity index (χ1v) is 14.2. The Labute approximate surface area is 217 Å². The third-order valence-electron chi connectivity index (χ3n) is 7.66. The van der Waals surface area contributed by atoms with Gasteiger partial charge in [-0.15, -0.1) is 0 Å². The summed E-state index contributed by atoms with van der Waals surface area (Å²) in [4.78, 5) is 0. The lowest BCUT2D eigenvalue weighted by atomic mass is 9.82. The molecule has 2 fully saturated rings. The standard InChI is InChI=1S/C32H42O4/c1-2-3-4-5-6-7-9-27-10-8-11-31(32(27)36-23-30-22-35-30)26-14-12-24(13-15-26)25-16-18-28(19-17-25)33-20-29-21-34-29/h8,10-11,14,16-19,24,29-30H,2-7,9,12-13,15,20-23H2,1H3. The summed E-state index contributed by atoms with van der Waals surface area (Å²) in [6.07, 6.45) is 15.3. The third kappa shape index (κ3) is 7.36. The van der Waals surface area contributed by atoms with E-state index in [2.05, 4.69) is 55.5 Å². The molecule has 5 rings (SSSR count). The number of unbranched alkanes of at least 4 members (excludes halogenated alkanes) is 5. The number of hydrogen-bond donors (Lipinski definition) is 0. The summed E-state index contributed by atoms with van der Waals surface area (Å²) < 4.78 is 22.9. The van der Waals surface area contributed by atoms with Crippen LogP contribution >= 0.6 is 0 Å². The van der Waals surface area contributed by atoms with Crippen molar-refractivity contribution in [1.29, 1.82) is 0 Å². The second-order valence-corrected chi connectivity index (χ2v) is 10.6. The average Bonchev–Trinajstić information content (AvgIpc) is 3.85. The molecule has 194 valence electrons. The number of hydrogen-bond acceptors (Lipinski definition) is 4. The van der Waals surface area contributed by atoms with Gasteiger partial charge in [-0.3, -0.25) is 0 Å². The van der Waals surface area contributed by atoms with Crippen LogP contribution in [0.3, 0.4) is 0 Å². The quantitative estimate of drug-likeness (QED) is 0.192. The lowest BCUT2D eigenvalue weighted by molar-refractivity contribution is 0.260. The highest BCUT2D eigenvalue weighted by Gasteiger charge is 2.26. The van der Waals surface area contributed by atoms with E-state index in [0.717, 1.165) is 50.4 Å². The zero-order valence-corrected chi connectivity index (χ0v) is 21.9. The maximum absolute atomic E-state index is 6.42. The molecule has 0 radical (unpaired) electrons. The van der Waals surface area contributed by atoms with Gasteiger partial charge in [-0.1, -0.05) is 75.4 Å². The van der Waals surface area contributed by atoms with Crippen molar-refractivity contribution < 1.29 is 18.9 Å². The number of rotatable bonds is 15. The van der Waals surface area contributed by atoms with E-state index in [1.54, 1.807) is 0 Å². The van der Waals surface area contributed by atoms with Gasteiger partial charge in [-0.25, -0.2) is 0 Å². The van der Waals surface area contributed by atoms with Crippen molar-refractivity contribution in [2.24, 2.45) is 0 Å². The molecular weight excluding hydrogens is 448 g/mol. The smallest absolute Gasteiger partial charge is 0.130 e. The molecule has 4 nitrogen and oxygen atoms in total. The van der Waals surface area contributed by atoms with E-state index in [4.69, 9.17) is 18.9 Å². The van der Waals surface area contributed by atoms with Gasteiger partial charge in [0.2, 0.25) is 0 Å². The molecule has 1 aliphatic carbocycles. The van der Waals surface area contributed by atoms with Crippen molar-refractivity contribution in [1.82, 2.24) is 0 Å². The normalized spacial score (nSPS) is 22.7. The molecule has 3 aliphatic rings. The maximum atomic E-state index is 6.42. The summed E-state index contributed by atoms with van der Waals surface area (Å²) >= 11 is 0. The first-order chi connectivity index (χ1) is 17.8. The van der Waals surface area contributed by atoms with Gasteiger partial charge in [0, 0.05) is 5.56 Å². The van der Waals surface area contributed by atoms with Crippen LogP contribution in [-0.2, 0) is 15.9 Å². The highest BCUT2D eigenvalue weighted by molar-refractivity contribution is 5.72. The van der Waals surface area contributed by atoms with E-state index in [-0.39, 0.29) is 6.10 Å². The molecule has 0 spiro atoms. The van der Waals surface area contributed by atoms with Crippen LogP contribution in [0, 0.1) is 0 Å². The maximum Gasteiger partial charge on any atom is 0.130 e. The van der Waals surface area contributed by atoms with E-state index < -0.39 is 0 Å². The molecule has 0 aromatic heterocycles. The molecule has 2 aromatic carbocycles. The van der Waals surface area contributed by atoms with Crippen LogP contribution in [0.15, 0.2) is 48.5 Å². The monoisotopic (exact) mass is 490 g/mol. The topological polar surface area (TPSA) is 43.5 Å². The van der Waals surface area contributed by atoms with Gasteiger partial charge in [-0.2, -0.15) is 0 Å². The molecule has 2 heterocycles. The van der Waals surface area contributed by atoms with Crippen LogP contribution in [-0.4, -0.2) is 38.6 Å². The fourth-order valence-corrected chi connectivity index (χ4v) is 5.21. The van der Waals surface area contributed by atoms with Crippen LogP contribution in [0.4, 0.5) is 0 Å². The molecule has 2 aromatic rings. The number of para-hydroxylation sites is 1. The predicted molar refractivity (Wildman–Crippen MR) is 145 cm³/mol. The Bertz CT molecular complexity index is 988. The van der Waals surface area contributed by atoms with Gasteiger partial charge in [0.05, 0.1) is 13.2 Å². The van der Waals surface area contributed by atoms with E-state index in [9.17, 15) is 0 Å². The summed E-state index contributed by atoms with van der Waals surface area (Å²) in [5, 5.41) is 0. The van der Waals surface area contributed by atoms with E-state index >= 15 is 0 Å². The number of aryl methyl sites for hydroxylation is 1. The number of epoxide rings is 2. The zero-order chi connectivity index (χ0) is 24.6. The highest BCUT2D eigenvalue weighted by Crippen LogP contribution is 2.40. The molecular formula is C32H42O4. The lowest BCUT2D eigenvalue weighted by Gasteiger charge is -2.25. The molecule has 2 saturated heterocycles. The minimum atomic E-state index is 0.272. The van der Waals surface area contributed by atoms with E-state index in [1.807, 2.05) is 0 Å². The number of benzene rings is 2. The minimum Gasteiger partial charge on any atom is -0.491 e. The molecule has 2 aliphatic heterocycles. The van der Waals surface area contributed by atoms with Crippen molar-refractivity contribution in [3.05, 3.63) is 65.2 Å². The van der Waals surface area contributed by atoms with Crippen molar-refractivity contribution in [2.45, 2.75) is 89.3 Å². The van der Waals surface area contributed by atoms with Crippen LogP contribution < -0.4 is 9.47 Å². The van der Waals surface area contributed by atoms with Gasteiger partial charge < -0.3 is 18.9 Å². The van der Waals surface area contributed by atoms with Gasteiger partial charge in [0.25, 0.3) is 0 Å². The van der Waals surface area contributed by atoms with Crippen molar-refractivity contribution in [3.8, 4) is 11.5 Å². The molecule has 0 amide bonds. The minimum absolute atomic E-state index is 0.272. The molecule has 4 heteroatoms. The summed E-state index contributed by atoms with van der Waals surface area (Å²) in [6, 6.07) is 15.4. The fraction of sp³-hybridized carbons (Fsp3) is 0.562. The van der Waals surface area contributed by atoms with Crippen LogP contribution in [0.5, 0.6) is 11.5 Å². The Kier molecular flexibility index (Phi) is 9.00. The Hall–Kier alpha value is -2.30. The Morgan fingerprint density at radius 2 is 1.56 bits per heavy atom. The van der Waals surface area contributed by atoms with Crippen LogP contribution in [0.1, 0.15) is 87.3 Å². The van der Waals surface area contributed by atoms with E-state index in [0.29, 0.717) is 25.2 Å². The Balaban J connectivity index is 1.22. The van der Waals surface area contributed by atoms with Gasteiger partial charge >= 0.3 is 0 Å². The second-order valence-electron chi connectivity index (χ2n) is 10.6. The van der Waals surface area contributed by atoms with Gasteiger partial charge in [0.1, 0.15) is 36.9 Å². The summed E-state index contributed by atoms with van der Waals surface area (Å²) in [7, 11) is 0. The zero-order valence-electron chi connectivity index (χ0n) is 21.9. The van der Waals surface area contributed by atoms with Gasteiger partial charge in [0.15, 0.2) is 0 Å². The molecule has 36 heavy (non-hydrogen) atoms. The SMILES string of the molecule is CCCCCCCCc1cccc(C2=CCC(c3ccc(OCC4CO4)cc3)CC2)c1OCC1CO1. The third-order valence-corrected chi connectivity index (χ3v) is 7.66. The average molecular weight is 491 g/mol. The highest BCUT2D eigenvalue weighted by atomic mass is 16.6. The predicted octanol–water partition coefficient (Wildman–Crippen LogP) is 7.50. The Morgan fingerprint density at radius 1 is 0.833 bits per heavy atom. The van der Waals surface area contributed by atoms with Crippen LogP contribution in [0.2, 0.25) is 0 Å². The first kappa shape index (κ1) is 25.4. The molecule has 3 unspecified atom stereocenters. The largest absolute Gasteiger partial charge is 0.491 e. The fourth-order valence-electron chi connectivity index (χ4n) is 5.21. The van der Waals surface area contributed by atoms with Crippen molar-refractivity contribution >= 4 is 5.57 Å². The summed E-state index contributed by atoms with van der Waals surface area (Å²) in [5.74, 6) is 2.60. The summed E-state index contributed by atoms with van der Waals surface area (Å²) in [6.45, 7) is 5.26.